The standard InChI is InChI=1S/C11H10F2N4S/c1-6-15-10(17-14)5-11(16-6)18-9-4-7(12)2-3-8(9)13/h2-5H,14H2,1H3,(H,15,16,17). The zero-order chi connectivity index (χ0) is 13.1. The summed E-state index contributed by atoms with van der Waals surface area (Å²) in [5.74, 6) is 5.16. The summed E-state index contributed by atoms with van der Waals surface area (Å²) in [6.45, 7) is 1.69. The zero-order valence-electron chi connectivity index (χ0n) is 9.45. The van der Waals surface area contributed by atoms with Crippen molar-refractivity contribution in [2.24, 2.45) is 5.84 Å². The van der Waals surface area contributed by atoms with Crippen LogP contribution >= 0.6 is 11.8 Å². The molecule has 4 nitrogen and oxygen atoms in total. The van der Waals surface area contributed by atoms with Gasteiger partial charge in [-0.2, -0.15) is 0 Å². The molecular weight excluding hydrogens is 258 g/mol. The molecule has 0 aliphatic carbocycles. The van der Waals surface area contributed by atoms with Gasteiger partial charge in [0.15, 0.2) is 0 Å². The number of hydrazine groups is 1. The Hall–Kier alpha value is -1.73. The molecule has 18 heavy (non-hydrogen) atoms. The molecule has 2 aromatic rings. The van der Waals surface area contributed by atoms with Crippen LogP contribution < -0.4 is 11.3 Å². The molecule has 0 atom stereocenters. The van der Waals surface area contributed by atoms with Crippen molar-refractivity contribution in [1.82, 2.24) is 9.97 Å². The molecule has 2 rings (SSSR count). The first-order chi connectivity index (χ1) is 8.58. The zero-order valence-corrected chi connectivity index (χ0v) is 10.3. The summed E-state index contributed by atoms with van der Waals surface area (Å²) >= 11 is 1.01. The third-order valence-electron chi connectivity index (χ3n) is 2.07. The lowest BCUT2D eigenvalue weighted by Crippen LogP contribution is -2.09. The van der Waals surface area contributed by atoms with Crippen LogP contribution in [-0.2, 0) is 0 Å². The van der Waals surface area contributed by atoms with Gasteiger partial charge in [-0.05, 0) is 25.1 Å². The van der Waals surface area contributed by atoms with Gasteiger partial charge in [0.25, 0.3) is 0 Å². The molecule has 0 radical (unpaired) electrons. The van der Waals surface area contributed by atoms with Crippen molar-refractivity contribution in [3.8, 4) is 0 Å². The Morgan fingerprint density at radius 3 is 2.72 bits per heavy atom. The average Bonchev–Trinajstić information content (AvgIpc) is 2.33. The third-order valence-corrected chi connectivity index (χ3v) is 3.02. The molecule has 1 aromatic heterocycles. The lowest BCUT2D eigenvalue weighted by molar-refractivity contribution is 0.577. The van der Waals surface area contributed by atoms with Gasteiger partial charge in [-0.15, -0.1) is 0 Å². The number of hydrogen-bond donors (Lipinski definition) is 2. The van der Waals surface area contributed by atoms with E-state index in [1.165, 1.54) is 0 Å². The fourth-order valence-electron chi connectivity index (χ4n) is 1.33. The smallest absolute Gasteiger partial charge is 0.144 e. The molecule has 1 heterocycles. The van der Waals surface area contributed by atoms with E-state index in [9.17, 15) is 8.78 Å². The molecule has 1 aromatic carbocycles. The number of nitrogen functional groups attached to an aromatic ring is 1. The summed E-state index contributed by atoms with van der Waals surface area (Å²) in [6, 6.07) is 4.82. The Bertz CT molecular complexity index is 577. The highest BCUT2D eigenvalue weighted by atomic mass is 32.2. The molecule has 0 aliphatic heterocycles. The van der Waals surface area contributed by atoms with Gasteiger partial charge >= 0.3 is 0 Å². The van der Waals surface area contributed by atoms with Crippen molar-refractivity contribution in [3.05, 3.63) is 41.7 Å². The molecule has 0 unspecified atom stereocenters. The topological polar surface area (TPSA) is 63.8 Å². The number of aromatic nitrogens is 2. The number of rotatable bonds is 3. The van der Waals surface area contributed by atoms with Gasteiger partial charge in [0.2, 0.25) is 0 Å². The SMILES string of the molecule is Cc1nc(NN)cc(Sc2cc(F)ccc2F)n1. The second-order valence-corrected chi connectivity index (χ2v) is 4.52. The summed E-state index contributed by atoms with van der Waals surface area (Å²) in [6.07, 6.45) is 0. The van der Waals surface area contributed by atoms with Crippen LogP contribution in [0, 0.1) is 18.6 Å². The molecule has 0 saturated carbocycles. The maximum atomic E-state index is 13.5. The molecule has 3 N–H and O–H groups in total. The summed E-state index contributed by atoms with van der Waals surface area (Å²) in [5, 5.41) is 0.486. The first kappa shape index (κ1) is 12.7. The first-order valence-electron chi connectivity index (χ1n) is 5.03. The Kier molecular flexibility index (Phi) is 3.73. The maximum Gasteiger partial charge on any atom is 0.144 e. The van der Waals surface area contributed by atoms with Crippen LogP contribution in [-0.4, -0.2) is 9.97 Å². The van der Waals surface area contributed by atoms with Crippen LogP contribution in [0.4, 0.5) is 14.6 Å². The number of halogens is 2. The predicted molar refractivity (Wildman–Crippen MR) is 65.1 cm³/mol. The molecule has 0 amide bonds. The number of anilines is 1. The van der Waals surface area contributed by atoms with E-state index in [4.69, 9.17) is 5.84 Å². The van der Waals surface area contributed by atoms with Crippen LogP contribution in [0.25, 0.3) is 0 Å². The monoisotopic (exact) mass is 268 g/mol. The Labute approximate surface area is 107 Å². The van der Waals surface area contributed by atoms with Crippen molar-refractivity contribution < 1.29 is 8.78 Å². The van der Waals surface area contributed by atoms with E-state index in [0.717, 1.165) is 30.0 Å². The molecule has 0 fully saturated rings. The second kappa shape index (κ2) is 5.28. The highest BCUT2D eigenvalue weighted by Crippen LogP contribution is 2.29. The average molecular weight is 268 g/mol. The van der Waals surface area contributed by atoms with Crippen LogP contribution in [0.5, 0.6) is 0 Å². The third kappa shape index (κ3) is 2.93. The number of aryl methyl sites for hydroxylation is 1. The van der Waals surface area contributed by atoms with Gasteiger partial charge in [-0.25, -0.2) is 24.6 Å². The lowest BCUT2D eigenvalue weighted by atomic mass is 10.3. The fourth-order valence-corrected chi connectivity index (χ4v) is 2.25. The van der Waals surface area contributed by atoms with Gasteiger partial charge in [0, 0.05) is 6.07 Å². The van der Waals surface area contributed by atoms with Crippen molar-refractivity contribution in [2.45, 2.75) is 16.8 Å². The van der Waals surface area contributed by atoms with E-state index >= 15 is 0 Å². The first-order valence-corrected chi connectivity index (χ1v) is 5.85. The predicted octanol–water partition coefficient (Wildman–Crippen LogP) is 2.50. The van der Waals surface area contributed by atoms with Gasteiger partial charge in [0.1, 0.15) is 28.3 Å². The maximum absolute atomic E-state index is 13.5. The molecule has 0 aliphatic rings. The van der Waals surface area contributed by atoms with Crippen molar-refractivity contribution >= 4 is 17.6 Å². The number of nitrogens with one attached hydrogen (secondary N) is 1. The Morgan fingerprint density at radius 2 is 2.00 bits per heavy atom. The van der Waals surface area contributed by atoms with E-state index in [0.29, 0.717) is 16.7 Å². The van der Waals surface area contributed by atoms with E-state index in [1.807, 2.05) is 0 Å². The van der Waals surface area contributed by atoms with Gasteiger partial charge < -0.3 is 5.43 Å². The number of benzene rings is 1. The van der Waals surface area contributed by atoms with Gasteiger partial charge in [-0.3, -0.25) is 0 Å². The molecule has 0 spiro atoms. The van der Waals surface area contributed by atoms with E-state index in [1.54, 1.807) is 13.0 Å². The van der Waals surface area contributed by atoms with E-state index < -0.39 is 11.6 Å². The molecule has 94 valence electrons. The van der Waals surface area contributed by atoms with E-state index in [-0.39, 0.29) is 4.90 Å². The summed E-state index contributed by atoms with van der Waals surface area (Å²) < 4.78 is 26.5. The van der Waals surface area contributed by atoms with Crippen LogP contribution in [0.3, 0.4) is 0 Å². The summed E-state index contributed by atoms with van der Waals surface area (Å²) in [7, 11) is 0. The summed E-state index contributed by atoms with van der Waals surface area (Å²) in [4.78, 5) is 8.28. The van der Waals surface area contributed by atoms with Crippen LogP contribution in [0.15, 0.2) is 34.2 Å². The fraction of sp³-hybridized carbons (Fsp3) is 0.0909. The van der Waals surface area contributed by atoms with Crippen molar-refractivity contribution in [3.63, 3.8) is 0 Å². The largest absolute Gasteiger partial charge is 0.308 e. The highest BCUT2D eigenvalue weighted by molar-refractivity contribution is 7.99. The number of hydrogen-bond acceptors (Lipinski definition) is 5. The van der Waals surface area contributed by atoms with Crippen molar-refractivity contribution in [2.75, 3.05) is 5.43 Å². The number of nitrogens with two attached hydrogens (primary N) is 1. The Balaban J connectivity index is 2.33. The molecule has 0 bridgehead atoms. The van der Waals surface area contributed by atoms with Gasteiger partial charge in [0.05, 0.1) is 4.90 Å². The molecule has 7 heteroatoms. The van der Waals surface area contributed by atoms with E-state index in [2.05, 4.69) is 15.4 Å². The second-order valence-electron chi connectivity index (χ2n) is 3.46. The minimum absolute atomic E-state index is 0.163. The van der Waals surface area contributed by atoms with Crippen LogP contribution in [0.1, 0.15) is 5.82 Å². The molecular formula is C11H10F2N4S. The minimum atomic E-state index is -0.500. The van der Waals surface area contributed by atoms with Crippen molar-refractivity contribution in [1.29, 1.82) is 0 Å². The highest BCUT2D eigenvalue weighted by Gasteiger charge is 2.08. The Morgan fingerprint density at radius 1 is 1.22 bits per heavy atom. The lowest BCUT2D eigenvalue weighted by Gasteiger charge is -2.06. The summed E-state index contributed by atoms with van der Waals surface area (Å²) in [5.41, 5.74) is 2.39. The quantitative estimate of drug-likeness (QED) is 0.508. The minimum Gasteiger partial charge on any atom is -0.308 e. The van der Waals surface area contributed by atoms with Crippen LogP contribution in [0.2, 0.25) is 0 Å². The molecule has 0 saturated heterocycles. The normalized spacial score (nSPS) is 10.4. The number of nitrogens with zero attached hydrogens (tertiary/aromatic N) is 2. The van der Waals surface area contributed by atoms with Gasteiger partial charge in [-0.1, -0.05) is 11.8 Å².